The van der Waals surface area contributed by atoms with Gasteiger partial charge in [0.05, 0.1) is 11.4 Å². The number of carbonyl (C=O) groups is 1. The van der Waals surface area contributed by atoms with Gasteiger partial charge < -0.3 is 11.1 Å². The lowest BCUT2D eigenvalue weighted by Gasteiger charge is -1.99. The molecule has 0 aliphatic carbocycles. The van der Waals surface area contributed by atoms with Gasteiger partial charge >= 0.3 is 0 Å². The molecule has 0 unspecified atom stereocenters. The zero-order chi connectivity index (χ0) is 17.3. The number of hydrogen-bond donors (Lipinski definition) is 3. The van der Waals surface area contributed by atoms with Crippen LogP contribution in [-0.4, -0.2) is 21.1 Å². The molecular weight excluding hydrogens is 336 g/mol. The fourth-order valence-electron chi connectivity index (χ4n) is 2.17. The van der Waals surface area contributed by atoms with E-state index < -0.39 is 11.6 Å². The zero-order valence-electron chi connectivity index (χ0n) is 12.6. The molecule has 1 amide bonds. The molecule has 2 aromatic heterocycles. The Morgan fingerprint density at radius 3 is 2.62 bits per heavy atom. The van der Waals surface area contributed by atoms with E-state index >= 15 is 0 Å². The normalized spacial score (nSPS) is 10.8. The molecule has 0 aliphatic heterocycles. The number of aromatic amines is 1. The maximum atomic E-state index is 13.3. The Kier molecular flexibility index (Phi) is 4.36. The third-order valence-electron chi connectivity index (χ3n) is 3.21. The van der Waals surface area contributed by atoms with Crippen molar-refractivity contribution in [3.8, 4) is 11.3 Å². The van der Waals surface area contributed by atoms with Crippen LogP contribution in [0.2, 0.25) is 0 Å². The minimum Gasteiger partial charge on any atom is -0.325 e. The Hall–Kier alpha value is -2.65. The summed E-state index contributed by atoms with van der Waals surface area (Å²) >= 11 is 1.21. The lowest BCUT2D eigenvalue weighted by Crippen LogP contribution is -2.11. The monoisotopic (exact) mass is 349 g/mol. The molecule has 3 aromatic rings. The van der Waals surface area contributed by atoms with Gasteiger partial charge in [-0.25, -0.2) is 13.8 Å². The fraction of sp³-hybridized carbons (Fsp3) is 0.133. The standard InChI is InChI=1S/C15H13F2N5OS/c1-7-14(24-13(6-18)19-7)15(23)20-12-5-11(21-22-12)8-2-9(16)4-10(17)3-8/h2-5H,6,18H2,1H3,(H2,20,21,22,23). The van der Waals surface area contributed by atoms with E-state index in [1.165, 1.54) is 29.5 Å². The van der Waals surface area contributed by atoms with E-state index in [2.05, 4.69) is 20.5 Å². The molecule has 0 saturated heterocycles. The van der Waals surface area contributed by atoms with Gasteiger partial charge in [-0.3, -0.25) is 9.89 Å². The van der Waals surface area contributed by atoms with Crippen molar-refractivity contribution >= 4 is 23.1 Å². The predicted octanol–water partition coefficient (Wildman–Crippen LogP) is 2.83. The smallest absolute Gasteiger partial charge is 0.268 e. The third kappa shape index (κ3) is 3.31. The molecular formula is C15H13F2N5OS. The third-order valence-corrected chi connectivity index (χ3v) is 4.39. The Morgan fingerprint density at radius 2 is 2.00 bits per heavy atom. The highest BCUT2D eigenvalue weighted by Gasteiger charge is 2.16. The number of hydrogen-bond acceptors (Lipinski definition) is 5. The number of benzene rings is 1. The van der Waals surface area contributed by atoms with Crippen LogP contribution in [0.5, 0.6) is 0 Å². The minimum atomic E-state index is -0.695. The summed E-state index contributed by atoms with van der Waals surface area (Å²) in [6.07, 6.45) is 0. The average molecular weight is 349 g/mol. The Balaban J connectivity index is 1.80. The van der Waals surface area contributed by atoms with E-state index in [1.807, 2.05) is 0 Å². The molecule has 124 valence electrons. The highest BCUT2D eigenvalue weighted by Crippen LogP contribution is 2.23. The van der Waals surface area contributed by atoms with Crippen LogP contribution < -0.4 is 11.1 Å². The first-order valence-corrected chi connectivity index (χ1v) is 7.77. The van der Waals surface area contributed by atoms with Gasteiger partial charge in [-0.05, 0) is 19.1 Å². The van der Waals surface area contributed by atoms with Crippen molar-refractivity contribution in [3.63, 3.8) is 0 Å². The lowest BCUT2D eigenvalue weighted by molar-refractivity contribution is 0.102. The quantitative estimate of drug-likeness (QED) is 0.675. The van der Waals surface area contributed by atoms with Gasteiger partial charge in [0.15, 0.2) is 5.82 Å². The number of carbonyl (C=O) groups excluding carboxylic acids is 1. The summed E-state index contributed by atoms with van der Waals surface area (Å²) in [5.41, 5.74) is 6.77. The number of amides is 1. The number of halogens is 2. The van der Waals surface area contributed by atoms with Gasteiger partial charge in [0, 0.05) is 24.2 Å². The molecule has 1 aromatic carbocycles. The minimum absolute atomic E-state index is 0.238. The van der Waals surface area contributed by atoms with Gasteiger partial charge in [0.2, 0.25) is 0 Å². The molecule has 24 heavy (non-hydrogen) atoms. The molecule has 0 atom stereocenters. The molecule has 0 aliphatic rings. The van der Waals surface area contributed by atoms with E-state index in [4.69, 9.17) is 5.73 Å². The van der Waals surface area contributed by atoms with E-state index in [-0.39, 0.29) is 18.3 Å². The molecule has 2 heterocycles. The number of nitrogens with zero attached hydrogens (tertiary/aromatic N) is 2. The van der Waals surface area contributed by atoms with Gasteiger partial charge in [0.1, 0.15) is 21.5 Å². The van der Waals surface area contributed by atoms with Crippen LogP contribution in [0.15, 0.2) is 24.3 Å². The van der Waals surface area contributed by atoms with Crippen molar-refractivity contribution in [2.45, 2.75) is 13.5 Å². The number of aromatic nitrogens is 3. The van der Waals surface area contributed by atoms with Crippen molar-refractivity contribution in [3.05, 3.63) is 51.5 Å². The van der Waals surface area contributed by atoms with E-state index in [9.17, 15) is 13.6 Å². The molecule has 4 N–H and O–H groups in total. The average Bonchev–Trinajstić information content (AvgIpc) is 3.12. The number of anilines is 1. The highest BCUT2D eigenvalue weighted by atomic mass is 32.1. The summed E-state index contributed by atoms with van der Waals surface area (Å²) in [6, 6.07) is 4.61. The first-order valence-electron chi connectivity index (χ1n) is 6.96. The maximum absolute atomic E-state index is 13.3. The van der Waals surface area contributed by atoms with Crippen LogP contribution in [0.1, 0.15) is 20.4 Å². The number of thiazole rings is 1. The number of nitrogens with two attached hydrogens (primary N) is 1. The Labute approximate surface area is 139 Å². The largest absolute Gasteiger partial charge is 0.325 e. The van der Waals surface area contributed by atoms with Crippen LogP contribution >= 0.6 is 11.3 Å². The summed E-state index contributed by atoms with van der Waals surface area (Å²) in [7, 11) is 0. The van der Waals surface area contributed by atoms with Crippen molar-refractivity contribution in [1.29, 1.82) is 0 Å². The summed E-state index contributed by atoms with van der Waals surface area (Å²) in [5.74, 6) is -1.52. The molecule has 3 rings (SSSR count). The number of nitrogens with one attached hydrogen (secondary N) is 2. The number of rotatable bonds is 4. The van der Waals surface area contributed by atoms with Crippen molar-refractivity contribution in [2.75, 3.05) is 5.32 Å². The first-order chi connectivity index (χ1) is 11.5. The maximum Gasteiger partial charge on any atom is 0.268 e. The predicted molar refractivity (Wildman–Crippen MR) is 86.6 cm³/mol. The molecule has 0 fully saturated rings. The Bertz CT molecular complexity index is 885. The second-order valence-electron chi connectivity index (χ2n) is 5.01. The fourth-order valence-corrected chi connectivity index (χ4v) is 3.00. The number of aryl methyl sites for hydroxylation is 1. The molecule has 0 radical (unpaired) electrons. The Morgan fingerprint density at radius 1 is 1.29 bits per heavy atom. The van der Waals surface area contributed by atoms with Crippen molar-refractivity contribution < 1.29 is 13.6 Å². The molecule has 0 saturated carbocycles. The van der Waals surface area contributed by atoms with Crippen LogP contribution in [-0.2, 0) is 6.54 Å². The summed E-state index contributed by atoms with van der Waals surface area (Å²) in [4.78, 5) is 16.9. The van der Waals surface area contributed by atoms with Crippen LogP contribution in [0.4, 0.5) is 14.6 Å². The van der Waals surface area contributed by atoms with Gasteiger partial charge in [-0.1, -0.05) is 0 Å². The van der Waals surface area contributed by atoms with Crippen LogP contribution in [0.25, 0.3) is 11.3 Å². The van der Waals surface area contributed by atoms with Crippen molar-refractivity contribution in [2.24, 2.45) is 5.73 Å². The number of H-pyrrole nitrogens is 1. The van der Waals surface area contributed by atoms with Crippen LogP contribution in [0, 0.1) is 18.6 Å². The van der Waals surface area contributed by atoms with Gasteiger partial charge in [0.25, 0.3) is 5.91 Å². The molecule has 0 bridgehead atoms. The second-order valence-corrected chi connectivity index (χ2v) is 6.09. The molecule has 9 heteroatoms. The van der Waals surface area contributed by atoms with Gasteiger partial charge in [-0.2, -0.15) is 5.10 Å². The van der Waals surface area contributed by atoms with Gasteiger partial charge in [-0.15, -0.1) is 11.3 Å². The SMILES string of the molecule is Cc1nc(CN)sc1C(=O)Nc1cc(-c2cc(F)cc(F)c2)[nH]n1. The zero-order valence-corrected chi connectivity index (χ0v) is 13.4. The molecule has 6 nitrogen and oxygen atoms in total. The molecule has 0 spiro atoms. The van der Waals surface area contributed by atoms with Crippen molar-refractivity contribution in [1.82, 2.24) is 15.2 Å². The summed E-state index contributed by atoms with van der Waals surface area (Å²) < 4.78 is 26.5. The summed E-state index contributed by atoms with van der Waals surface area (Å²) in [6.45, 7) is 1.98. The summed E-state index contributed by atoms with van der Waals surface area (Å²) in [5, 5.41) is 9.84. The second kappa shape index (κ2) is 6.46. The van der Waals surface area contributed by atoms with Crippen LogP contribution in [0.3, 0.4) is 0 Å². The highest BCUT2D eigenvalue weighted by molar-refractivity contribution is 7.13. The topological polar surface area (TPSA) is 96.7 Å². The van der Waals surface area contributed by atoms with E-state index in [0.29, 0.717) is 26.8 Å². The van der Waals surface area contributed by atoms with E-state index in [0.717, 1.165) is 6.07 Å². The lowest BCUT2D eigenvalue weighted by atomic mass is 10.1. The first kappa shape index (κ1) is 16.2. The van der Waals surface area contributed by atoms with E-state index in [1.54, 1.807) is 6.92 Å².